The molecule has 0 aliphatic heterocycles. The van der Waals surface area contributed by atoms with Crippen LogP contribution < -0.4 is 5.32 Å². The van der Waals surface area contributed by atoms with Crippen LogP contribution in [0.4, 0.5) is 0 Å². The summed E-state index contributed by atoms with van der Waals surface area (Å²) in [5.41, 5.74) is 1.67. The molecule has 0 saturated carbocycles. The van der Waals surface area contributed by atoms with Crippen LogP contribution in [-0.4, -0.2) is 5.54 Å². The molecule has 0 saturated heterocycles. The first-order valence-corrected chi connectivity index (χ1v) is 5.70. The van der Waals surface area contributed by atoms with Gasteiger partial charge in [0, 0.05) is 17.0 Å². The van der Waals surface area contributed by atoms with Crippen molar-refractivity contribution in [3.8, 4) is 0 Å². The fraction of sp³-hybridized carbons (Fsp3) is 0.636. The zero-order valence-corrected chi connectivity index (χ0v) is 9.79. The summed E-state index contributed by atoms with van der Waals surface area (Å²) >= 11 is 1.82. The summed E-state index contributed by atoms with van der Waals surface area (Å²) < 4.78 is 0. The first-order chi connectivity index (χ1) is 6.03. The Bertz CT molecular complexity index is 263. The van der Waals surface area contributed by atoms with Gasteiger partial charge in [0.2, 0.25) is 0 Å². The van der Waals surface area contributed by atoms with E-state index < -0.39 is 0 Å². The Morgan fingerprint density at radius 3 is 2.62 bits per heavy atom. The first kappa shape index (κ1) is 10.7. The zero-order valence-electron chi connectivity index (χ0n) is 8.98. The van der Waals surface area contributed by atoms with E-state index in [-0.39, 0.29) is 5.54 Å². The van der Waals surface area contributed by atoms with E-state index in [2.05, 4.69) is 44.5 Å². The Labute approximate surface area is 85.2 Å². The number of aryl methyl sites for hydroxylation is 1. The second-order valence-electron chi connectivity index (χ2n) is 4.16. The lowest BCUT2D eigenvalue weighted by Gasteiger charge is -2.24. The van der Waals surface area contributed by atoms with E-state index in [4.69, 9.17) is 0 Å². The summed E-state index contributed by atoms with van der Waals surface area (Å²) in [4.78, 5) is 1.39. The monoisotopic (exact) mass is 197 g/mol. The van der Waals surface area contributed by atoms with Gasteiger partial charge in [-0.1, -0.05) is 6.92 Å². The van der Waals surface area contributed by atoms with Crippen molar-refractivity contribution >= 4 is 11.3 Å². The third kappa shape index (κ3) is 3.49. The summed E-state index contributed by atoms with van der Waals surface area (Å²) in [7, 11) is 0. The molecule has 0 aromatic carbocycles. The lowest BCUT2D eigenvalue weighted by Crippen LogP contribution is -2.37. The zero-order chi connectivity index (χ0) is 9.90. The molecular weight excluding hydrogens is 178 g/mol. The van der Waals surface area contributed by atoms with E-state index in [1.165, 1.54) is 10.4 Å². The minimum atomic E-state index is 0.260. The van der Waals surface area contributed by atoms with Gasteiger partial charge in [0.05, 0.1) is 0 Å². The van der Waals surface area contributed by atoms with Gasteiger partial charge in [-0.05, 0) is 44.2 Å². The van der Waals surface area contributed by atoms with Crippen molar-refractivity contribution in [3.63, 3.8) is 0 Å². The van der Waals surface area contributed by atoms with E-state index in [9.17, 15) is 0 Å². The molecule has 13 heavy (non-hydrogen) atoms. The topological polar surface area (TPSA) is 12.0 Å². The largest absolute Gasteiger partial charge is 0.308 e. The fourth-order valence-electron chi connectivity index (χ4n) is 1.06. The highest BCUT2D eigenvalue weighted by Gasteiger charge is 2.13. The van der Waals surface area contributed by atoms with E-state index in [1.807, 2.05) is 11.3 Å². The normalized spacial score (nSPS) is 12.0. The molecule has 0 unspecified atom stereocenters. The minimum Gasteiger partial charge on any atom is -0.308 e. The predicted octanol–water partition coefficient (Wildman–Crippen LogP) is 3.33. The SMILES string of the molecule is CCC(C)(C)NCc1csc(C)c1. The molecule has 0 fully saturated rings. The Balaban J connectivity index is 2.43. The maximum absolute atomic E-state index is 3.54. The molecule has 0 spiro atoms. The van der Waals surface area contributed by atoms with Crippen LogP contribution in [0, 0.1) is 6.92 Å². The Morgan fingerprint density at radius 2 is 2.15 bits per heavy atom. The maximum atomic E-state index is 3.54. The quantitative estimate of drug-likeness (QED) is 0.780. The third-order valence-electron chi connectivity index (χ3n) is 2.44. The van der Waals surface area contributed by atoms with Gasteiger partial charge >= 0.3 is 0 Å². The maximum Gasteiger partial charge on any atom is 0.0218 e. The van der Waals surface area contributed by atoms with Crippen LogP contribution in [0.5, 0.6) is 0 Å². The molecule has 1 heterocycles. The number of hydrogen-bond acceptors (Lipinski definition) is 2. The van der Waals surface area contributed by atoms with E-state index in [0.717, 1.165) is 13.0 Å². The van der Waals surface area contributed by atoms with Gasteiger partial charge in [-0.15, -0.1) is 11.3 Å². The lowest BCUT2D eigenvalue weighted by atomic mass is 10.0. The van der Waals surface area contributed by atoms with Crippen LogP contribution in [0.1, 0.15) is 37.6 Å². The van der Waals surface area contributed by atoms with E-state index in [0.29, 0.717) is 0 Å². The van der Waals surface area contributed by atoms with E-state index >= 15 is 0 Å². The van der Waals surface area contributed by atoms with Crippen molar-refractivity contribution in [1.29, 1.82) is 0 Å². The number of hydrogen-bond donors (Lipinski definition) is 1. The standard InChI is InChI=1S/C11H19NS/c1-5-11(3,4)12-7-10-6-9(2)13-8-10/h6,8,12H,5,7H2,1-4H3. The molecule has 0 atom stereocenters. The van der Waals surface area contributed by atoms with Crippen LogP contribution in [-0.2, 0) is 6.54 Å². The molecule has 74 valence electrons. The lowest BCUT2D eigenvalue weighted by molar-refractivity contribution is 0.375. The van der Waals surface area contributed by atoms with Crippen LogP contribution in [0.25, 0.3) is 0 Å². The summed E-state index contributed by atoms with van der Waals surface area (Å²) in [5, 5.41) is 5.78. The van der Waals surface area contributed by atoms with Gasteiger partial charge in [-0.25, -0.2) is 0 Å². The molecule has 1 aromatic heterocycles. The summed E-state index contributed by atoms with van der Waals surface area (Å²) in [6.07, 6.45) is 1.16. The van der Waals surface area contributed by atoms with Crippen LogP contribution in [0.3, 0.4) is 0 Å². The van der Waals surface area contributed by atoms with Gasteiger partial charge in [0.15, 0.2) is 0 Å². The second-order valence-corrected chi connectivity index (χ2v) is 5.27. The average molecular weight is 197 g/mol. The van der Waals surface area contributed by atoms with Crippen molar-refractivity contribution in [2.45, 2.75) is 46.2 Å². The summed E-state index contributed by atoms with van der Waals surface area (Å²) in [6, 6.07) is 2.25. The number of thiophene rings is 1. The van der Waals surface area contributed by atoms with Crippen LogP contribution in [0.15, 0.2) is 11.4 Å². The smallest absolute Gasteiger partial charge is 0.0218 e. The number of rotatable bonds is 4. The van der Waals surface area contributed by atoms with E-state index in [1.54, 1.807) is 0 Å². The van der Waals surface area contributed by atoms with Gasteiger partial charge in [0.1, 0.15) is 0 Å². The Hall–Kier alpha value is -0.340. The molecule has 1 N–H and O–H groups in total. The highest BCUT2D eigenvalue weighted by molar-refractivity contribution is 7.10. The molecular formula is C11H19NS. The van der Waals surface area contributed by atoms with Crippen LogP contribution >= 0.6 is 11.3 Å². The van der Waals surface area contributed by atoms with Crippen molar-refractivity contribution in [2.24, 2.45) is 0 Å². The van der Waals surface area contributed by atoms with Gasteiger partial charge < -0.3 is 5.32 Å². The fourth-order valence-corrected chi connectivity index (χ4v) is 1.76. The van der Waals surface area contributed by atoms with Crippen LogP contribution in [0.2, 0.25) is 0 Å². The summed E-state index contributed by atoms with van der Waals surface area (Å²) in [5.74, 6) is 0. The molecule has 1 nitrogen and oxygen atoms in total. The van der Waals surface area contributed by atoms with Crippen molar-refractivity contribution in [2.75, 3.05) is 0 Å². The van der Waals surface area contributed by atoms with Gasteiger partial charge in [-0.3, -0.25) is 0 Å². The number of nitrogens with one attached hydrogen (secondary N) is 1. The van der Waals surface area contributed by atoms with Crippen molar-refractivity contribution < 1.29 is 0 Å². The molecule has 1 aromatic rings. The summed E-state index contributed by atoms with van der Waals surface area (Å²) in [6.45, 7) is 9.84. The Kier molecular flexibility index (Phi) is 3.51. The molecule has 0 aliphatic carbocycles. The van der Waals surface area contributed by atoms with Gasteiger partial charge in [0.25, 0.3) is 0 Å². The predicted molar refractivity (Wildman–Crippen MR) is 60.3 cm³/mol. The average Bonchev–Trinajstić information content (AvgIpc) is 2.48. The molecule has 1 rings (SSSR count). The highest BCUT2D eigenvalue weighted by atomic mass is 32.1. The molecule has 0 aliphatic rings. The molecule has 0 bridgehead atoms. The van der Waals surface area contributed by atoms with Crippen molar-refractivity contribution in [3.05, 3.63) is 21.9 Å². The third-order valence-corrected chi connectivity index (χ3v) is 3.35. The molecule has 2 heteroatoms. The molecule has 0 amide bonds. The second kappa shape index (κ2) is 4.25. The van der Waals surface area contributed by atoms with Crippen molar-refractivity contribution in [1.82, 2.24) is 5.32 Å². The van der Waals surface area contributed by atoms with Gasteiger partial charge in [-0.2, -0.15) is 0 Å². The first-order valence-electron chi connectivity index (χ1n) is 4.82. The molecule has 0 radical (unpaired) electrons. The highest BCUT2D eigenvalue weighted by Crippen LogP contribution is 2.14. The minimum absolute atomic E-state index is 0.260. The Morgan fingerprint density at radius 1 is 1.46 bits per heavy atom.